The van der Waals surface area contributed by atoms with Crippen LogP contribution in [0.3, 0.4) is 0 Å². The van der Waals surface area contributed by atoms with Gasteiger partial charge in [0.1, 0.15) is 0 Å². The van der Waals surface area contributed by atoms with Gasteiger partial charge in [0, 0.05) is 42.6 Å². The van der Waals surface area contributed by atoms with Crippen molar-refractivity contribution in [2.45, 2.75) is 12.3 Å². The van der Waals surface area contributed by atoms with Crippen LogP contribution < -0.4 is 4.90 Å². The number of hydrogen-bond acceptors (Lipinski definition) is 2. The summed E-state index contributed by atoms with van der Waals surface area (Å²) in [6.45, 7) is 2.17. The second-order valence-corrected chi connectivity index (χ2v) is 15.5. The van der Waals surface area contributed by atoms with Crippen molar-refractivity contribution in [1.82, 2.24) is 0 Å². The lowest BCUT2D eigenvalue weighted by Crippen LogP contribution is -2.22. The van der Waals surface area contributed by atoms with E-state index in [-0.39, 0.29) is 58.8 Å². The zero-order valence-corrected chi connectivity index (χ0v) is 31.2. The summed E-state index contributed by atoms with van der Waals surface area (Å²) >= 11 is 1.65. The van der Waals surface area contributed by atoms with E-state index in [4.69, 9.17) is 0 Å². The Bertz CT molecular complexity index is 3550. The maximum Gasteiger partial charge on any atom is 0.0651 e. The Morgan fingerprint density at radius 1 is 0.464 bits per heavy atom. The highest BCUT2D eigenvalue weighted by Gasteiger charge is 2.41. The van der Waals surface area contributed by atoms with Crippen LogP contribution >= 0.6 is 11.3 Å². The molecule has 2 heteroatoms. The molecule has 0 spiro atoms. The molecule has 1 aromatic heterocycles. The average Bonchev–Trinajstić information content (AvgIpc) is 3.82. The Morgan fingerprint density at radius 2 is 1.18 bits per heavy atom. The fourth-order valence-corrected chi connectivity index (χ4v) is 9.63. The zero-order chi connectivity index (χ0) is 44.2. The van der Waals surface area contributed by atoms with Gasteiger partial charge in [-0.05, 0) is 122 Å². The van der Waals surface area contributed by atoms with Gasteiger partial charge in [0.25, 0.3) is 0 Å². The quantitative estimate of drug-likeness (QED) is 0.164. The van der Waals surface area contributed by atoms with E-state index >= 15 is 0 Å². The molecule has 1 heterocycles. The molecule has 0 N–H and O–H groups in total. The second kappa shape index (κ2) is 12.9. The van der Waals surface area contributed by atoms with E-state index < -0.39 is 17.5 Å². The van der Waals surface area contributed by atoms with E-state index in [9.17, 15) is 11.0 Å². The molecule has 9 aromatic carbocycles. The van der Waals surface area contributed by atoms with Crippen LogP contribution in [-0.2, 0) is 5.41 Å². The molecule has 0 saturated carbocycles. The highest BCUT2D eigenvalue weighted by atomic mass is 32.1. The lowest BCUT2D eigenvalue weighted by atomic mass is 9.74. The van der Waals surface area contributed by atoms with E-state index in [1.54, 1.807) is 17.4 Å². The summed E-state index contributed by atoms with van der Waals surface area (Å²) < 4.78 is 79.1. The Hall–Kier alpha value is -6.74. The van der Waals surface area contributed by atoms with Gasteiger partial charge in [-0.15, -0.1) is 11.3 Å². The molecule has 1 aliphatic rings. The molecular formula is C54H37NS. The molecule has 1 aliphatic carbocycles. The van der Waals surface area contributed by atoms with Gasteiger partial charge >= 0.3 is 0 Å². The van der Waals surface area contributed by atoms with Crippen LogP contribution in [0.15, 0.2) is 206 Å². The van der Waals surface area contributed by atoms with Crippen LogP contribution in [0.1, 0.15) is 34.6 Å². The van der Waals surface area contributed by atoms with Crippen LogP contribution in [0.25, 0.3) is 64.3 Å². The van der Waals surface area contributed by atoms with Gasteiger partial charge in [-0.3, -0.25) is 0 Å². The molecule has 0 fully saturated rings. The maximum absolute atomic E-state index is 10.0. The molecule has 1 unspecified atom stereocenters. The largest absolute Gasteiger partial charge is 0.310 e. The highest BCUT2D eigenvalue weighted by molar-refractivity contribution is 7.25. The third-order valence-corrected chi connectivity index (χ3v) is 12.5. The minimum Gasteiger partial charge on any atom is -0.310 e. The third kappa shape index (κ3) is 5.14. The van der Waals surface area contributed by atoms with E-state index in [1.807, 2.05) is 121 Å². The maximum atomic E-state index is 10.0. The van der Waals surface area contributed by atoms with E-state index in [1.165, 1.54) is 4.90 Å². The van der Waals surface area contributed by atoms with Gasteiger partial charge in [0.2, 0.25) is 0 Å². The molecule has 56 heavy (non-hydrogen) atoms. The Balaban J connectivity index is 1.21. The Kier molecular flexibility index (Phi) is 5.86. The van der Waals surface area contributed by atoms with Crippen molar-refractivity contribution in [1.29, 1.82) is 0 Å². The number of rotatable bonds is 6. The summed E-state index contributed by atoms with van der Waals surface area (Å²) in [6, 6.07) is 48.5. The van der Waals surface area contributed by atoms with Gasteiger partial charge in [-0.1, -0.05) is 152 Å². The van der Waals surface area contributed by atoms with Gasteiger partial charge in [-0.25, -0.2) is 0 Å². The molecule has 11 rings (SSSR count). The molecule has 0 saturated heterocycles. The molecule has 0 amide bonds. The topological polar surface area (TPSA) is 3.24 Å². The summed E-state index contributed by atoms with van der Waals surface area (Å²) in [7, 11) is 0. The summed E-state index contributed by atoms with van der Waals surface area (Å²) in [6.07, 6.45) is 0. The van der Waals surface area contributed by atoms with Crippen LogP contribution in [-0.4, -0.2) is 0 Å². The van der Waals surface area contributed by atoms with E-state index in [0.29, 0.717) is 16.8 Å². The van der Waals surface area contributed by atoms with Crippen molar-refractivity contribution < 1.29 is 11.0 Å². The number of fused-ring (bicyclic) bond motifs is 7. The number of benzene rings is 9. The summed E-state index contributed by atoms with van der Waals surface area (Å²) in [4.78, 5) is 1.46. The minimum atomic E-state index is -0.662. The first-order valence-electron chi connectivity index (χ1n) is 22.7. The van der Waals surface area contributed by atoms with E-state index in [2.05, 4.69) is 37.3 Å². The Morgan fingerprint density at radius 3 is 2.07 bits per heavy atom. The first kappa shape index (κ1) is 25.4. The molecule has 0 aliphatic heterocycles. The monoisotopic (exact) mass is 739 g/mol. The normalized spacial score (nSPS) is 16.6. The first-order valence-corrected chi connectivity index (χ1v) is 19.5. The average molecular weight is 740 g/mol. The SMILES string of the molecule is [2H]c1c([2H])c(-c2ccc3sc4ccccc4c3c2)c([2H])c(N(c2ccc3c(c2)C(C)(c2ccccc2)c2ccccc2-3)c2c([2H])c([2H])c(-c3cccc4ccccc34)c([2H])c2[2H])c1[2H]. The molecule has 264 valence electrons. The van der Waals surface area contributed by atoms with Crippen molar-refractivity contribution in [3.05, 3.63) is 223 Å². The van der Waals surface area contributed by atoms with Gasteiger partial charge < -0.3 is 4.90 Å². The molecule has 10 aromatic rings. The molecule has 0 bridgehead atoms. The number of nitrogens with zero attached hydrogens (tertiary/aromatic N) is 1. The fraction of sp³-hybridized carbons (Fsp3) is 0.0370. The lowest BCUT2D eigenvalue weighted by Gasteiger charge is -2.31. The predicted molar refractivity (Wildman–Crippen MR) is 240 cm³/mol. The third-order valence-electron chi connectivity index (χ3n) is 11.3. The van der Waals surface area contributed by atoms with Gasteiger partial charge in [-0.2, -0.15) is 0 Å². The standard InChI is InChI=1S/C54H37NS/c1-54(40-16-3-2-4-17-40)50-23-9-7-20-46(50)47-31-30-43(35-51(47)54)55(41-28-25-37(26-29-41)45-22-12-14-36-13-5-6-19-44(36)45)42-18-11-15-38(33-42)39-27-32-53-49(34-39)48-21-8-10-24-52(48)56-53/h2-35H,1H3/i11D,15D,18D,25D,26D,28D,29D,33D. The fourth-order valence-electron chi connectivity index (χ4n) is 8.54. The summed E-state index contributed by atoms with van der Waals surface area (Å²) in [5.74, 6) is 0. The molecule has 0 radical (unpaired) electrons. The van der Waals surface area contributed by atoms with Crippen LogP contribution in [0, 0.1) is 0 Å². The molecule has 1 nitrogen and oxygen atoms in total. The highest BCUT2D eigenvalue weighted by Crippen LogP contribution is 2.54. The Labute approximate surface area is 342 Å². The minimum absolute atomic E-state index is 0.123. The zero-order valence-electron chi connectivity index (χ0n) is 38.4. The summed E-state index contributed by atoms with van der Waals surface area (Å²) in [5.41, 5.74) is 5.86. The smallest absolute Gasteiger partial charge is 0.0651 e. The van der Waals surface area contributed by atoms with Crippen molar-refractivity contribution in [2.75, 3.05) is 4.90 Å². The van der Waals surface area contributed by atoms with Gasteiger partial charge in [0.05, 0.1) is 11.0 Å². The summed E-state index contributed by atoms with van der Waals surface area (Å²) in [5, 5.41) is 3.64. The van der Waals surface area contributed by atoms with Crippen LogP contribution in [0.5, 0.6) is 0 Å². The van der Waals surface area contributed by atoms with Crippen molar-refractivity contribution in [2.24, 2.45) is 0 Å². The van der Waals surface area contributed by atoms with Crippen molar-refractivity contribution in [3.63, 3.8) is 0 Å². The number of hydrogen-bond donors (Lipinski definition) is 0. The predicted octanol–water partition coefficient (Wildman–Crippen LogP) is 15.3. The molecular weight excluding hydrogens is 695 g/mol. The van der Waals surface area contributed by atoms with Gasteiger partial charge in [0.15, 0.2) is 0 Å². The van der Waals surface area contributed by atoms with Crippen LogP contribution in [0.4, 0.5) is 17.1 Å². The second-order valence-electron chi connectivity index (χ2n) is 14.4. The van der Waals surface area contributed by atoms with E-state index in [0.717, 1.165) is 58.8 Å². The molecule has 1 atom stereocenters. The van der Waals surface area contributed by atoms with Crippen LogP contribution in [0.2, 0.25) is 0 Å². The van der Waals surface area contributed by atoms with Crippen molar-refractivity contribution in [3.8, 4) is 33.4 Å². The van der Waals surface area contributed by atoms with Crippen molar-refractivity contribution >= 4 is 59.3 Å². The number of thiophene rings is 1. The number of anilines is 3. The first-order chi connectivity index (χ1) is 31.0. The lowest BCUT2D eigenvalue weighted by molar-refractivity contribution is 0.714.